The number of morpholine rings is 1. The average molecular weight is 566 g/mol. The first-order valence-electron chi connectivity index (χ1n) is 14.2. The van der Waals surface area contributed by atoms with Crippen LogP contribution in [0, 0.1) is 23.6 Å². The van der Waals surface area contributed by atoms with Crippen molar-refractivity contribution in [3.05, 3.63) is 71.4 Å². The smallest absolute Gasteiger partial charge is 0.420 e. The molecule has 1 amide bonds. The van der Waals surface area contributed by atoms with Gasteiger partial charge in [0.15, 0.2) is 5.06 Å². The molecule has 9 heteroatoms. The average Bonchev–Trinajstić information content (AvgIpc) is 3.30. The lowest BCUT2D eigenvalue weighted by molar-refractivity contribution is 0.122. The van der Waals surface area contributed by atoms with Gasteiger partial charge in [-0.3, -0.25) is 9.80 Å². The maximum Gasteiger partial charge on any atom is 0.420 e. The van der Waals surface area contributed by atoms with Crippen molar-refractivity contribution < 1.29 is 23.4 Å². The molecule has 6 rings (SSSR count). The number of carbonyl (C=O) groups excluding carboxylic acids is 1. The van der Waals surface area contributed by atoms with Gasteiger partial charge in [-0.25, -0.2) is 9.18 Å². The molecule has 3 aliphatic rings. The molecular formula is C31H36FN3O4S. The van der Waals surface area contributed by atoms with E-state index < -0.39 is 6.09 Å². The van der Waals surface area contributed by atoms with E-state index in [1.54, 1.807) is 17.0 Å². The van der Waals surface area contributed by atoms with Crippen molar-refractivity contribution in [3.8, 4) is 10.8 Å². The van der Waals surface area contributed by atoms with Crippen LogP contribution in [-0.2, 0) is 11.3 Å². The molecule has 40 heavy (non-hydrogen) atoms. The van der Waals surface area contributed by atoms with Crippen LogP contribution in [0.25, 0.3) is 0 Å². The van der Waals surface area contributed by atoms with Gasteiger partial charge in [0, 0.05) is 39.3 Å². The largest absolute Gasteiger partial charge is 0.494 e. The quantitative estimate of drug-likeness (QED) is 0.305. The molecule has 2 aromatic carbocycles. The summed E-state index contributed by atoms with van der Waals surface area (Å²) in [4.78, 5) is 19.4. The fourth-order valence-electron chi connectivity index (χ4n) is 6.03. The Morgan fingerprint density at radius 1 is 1.10 bits per heavy atom. The Kier molecular flexibility index (Phi) is 8.22. The summed E-state index contributed by atoms with van der Waals surface area (Å²) in [6.07, 6.45) is 0.524. The third kappa shape index (κ3) is 6.11. The van der Waals surface area contributed by atoms with Crippen molar-refractivity contribution in [3.63, 3.8) is 0 Å². The van der Waals surface area contributed by atoms with Gasteiger partial charge in [0.1, 0.15) is 11.6 Å². The molecule has 2 saturated heterocycles. The molecule has 3 fully saturated rings. The molecule has 212 valence electrons. The van der Waals surface area contributed by atoms with Crippen molar-refractivity contribution in [2.45, 2.75) is 19.9 Å². The topological polar surface area (TPSA) is 54.5 Å². The summed E-state index contributed by atoms with van der Waals surface area (Å²) in [5.74, 6) is 2.00. The molecule has 0 N–H and O–H groups in total. The highest BCUT2D eigenvalue weighted by molar-refractivity contribution is 7.11. The van der Waals surface area contributed by atoms with Crippen LogP contribution < -0.4 is 19.3 Å². The van der Waals surface area contributed by atoms with E-state index in [2.05, 4.69) is 30.0 Å². The lowest BCUT2D eigenvalue weighted by atomic mass is 10.1. The molecule has 1 saturated carbocycles. The van der Waals surface area contributed by atoms with Crippen LogP contribution in [0.2, 0.25) is 0 Å². The third-order valence-corrected chi connectivity index (χ3v) is 8.86. The zero-order valence-electron chi connectivity index (χ0n) is 22.8. The number of carbonyl (C=O) groups is 1. The Labute approximate surface area is 239 Å². The molecule has 1 aromatic heterocycles. The third-order valence-electron chi connectivity index (χ3n) is 8.12. The minimum Gasteiger partial charge on any atom is -0.494 e. The molecule has 3 heterocycles. The summed E-state index contributed by atoms with van der Waals surface area (Å²) < 4.78 is 32.2. The summed E-state index contributed by atoms with van der Waals surface area (Å²) >= 11 is 1.37. The normalized spacial score (nSPS) is 22.1. The maximum absolute atomic E-state index is 15.3. The highest BCUT2D eigenvalue weighted by Crippen LogP contribution is 2.52. The van der Waals surface area contributed by atoms with Gasteiger partial charge in [-0.1, -0.05) is 19.1 Å². The van der Waals surface area contributed by atoms with Crippen molar-refractivity contribution in [2.24, 2.45) is 17.8 Å². The van der Waals surface area contributed by atoms with Crippen molar-refractivity contribution in [1.29, 1.82) is 0 Å². The Morgan fingerprint density at radius 3 is 2.65 bits per heavy atom. The van der Waals surface area contributed by atoms with E-state index in [-0.39, 0.29) is 5.82 Å². The van der Waals surface area contributed by atoms with E-state index in [9.17, 15) is 4.79 Å². The van der Waals surface area contributed by atoms with Gasteiger partial charge in [0.2, 0.25) is 0 Å². The Bertz CT molecular complexity index is 1290. The van der Waals surface area contributed by atoms with Crippen LogP contribution in [0.4, 0.5) is 20.6 Å². The van der Waals surface area contributed by atoms with Gasteiger partial charge in [0.05, 0.1) is 31.2 Å². The monoisotopic (exact) mass is 565 g/mol. The molecule has 0 bridgehead atoms. The first-order valence-corrected chi connectivity index (χ1v) is 15.1. The molecule has 1 aliphatic carbocycles. The summed E-state index contributed by atoms with van der Waals surface area (Å²) in [6.45, 7) is 8.70. The van der Waals surface area contributed by atoms with Crippen LogP contribution in [0.15, 0.2) is 60.0 Å². The van der Waals surface area contributed by atoms with Crippen LogP contribution in [0.5, 0.6) is 10.8 Å². The first kappa shape index (κ1) is 27.1. The molecule has 2 atom stereocenters. The van der Waals surface area contributed by atoms with Crippen molar-refractivity contribution >= 4 is 28.8 Å². The Morgan fingerprint density at radius 2 is 1.93 bits per heavy atom. The second kappa shape index (κ2) is 12.2. The maximum atomic E-state index is 15.3. The number of amides is 1. The van der Waals surface area contributed by atoms with Gasteiger partial charge in [-0.2, -0.15) is 0 Å². The van der Waals surface area contributed by atoms with Crippen LogP contribution >= 0.6 is 11.3 Å². The first-order chi connectivity index (χ1) is 19.6. The number of piperidine rings is 1. The lowest BCUT2D eigenvalue weighted by Crippen LogP contribution is -2.38. The molecule has 0 spiro atoms. The predicted molar refractivity (Wildman–Crippen MR) is 155 cm³/mol. The number of anilines is 2. The SMILES string of the molecule is CCCOc1cccc(CN2CC3C(C2)C3CN(C(=O)Oc2cccs2)c2ccc(N3CCOCC3)c(F)c2)c1. The summed E-state index contributed by atoms with van der Waals surface area (Å²) in [7, 11) is 0. The highest BCUT2D eigenvalue weighted by Gasteiger charge is 2.56. The fraction of sp³-hybridized carbons (Fsp3) is 0.452. The van der Waals surface area contributed by atoms with Gasteiger partial charge in [-0.15, -0.1) is 11.3 Å². The molecule has 0 radical (unpaired) electrons. The Balaban J connectivity index is 1.11. The molecular weight excluding hydrogens is 529 g/mol. The fourth-order valence-corrected chi connectivity index (χ4v) is 6.60. The number of nitrogens with zero attached hydrogens (tertiary/aromatic N) is 3. The van der Waals surface area contributed by atoms with E-state index in [0.717, 1.165) is 38.4 Å². The number of fused-ring (bicyclic) bond motifs is 1. The van der Waals surface area contributed by atoms with Gasteiger partial charge in [0.25, 0.3) is 0 Å². The molecule has 2 aliphatic heterocycles. The Hall–Kier alpha value is -3.14. The predicted octanol–water partition coefficient (Wildman–Crippen LogP) is 5.90. The zero-order valence-corrected chi connectivity index (χ0v) is 23.7. The minimum absolute atomic E-state index is 0.333. The van der Waals surface area contributed by atoms with Crippen LogP contribution in [0.3, 0.4) is 0 Å². The molecule has 7 nitrogen and oxygen atoms in total. The highest BCUT2D eigenvalue weighted by atomic mass is 32.1. The second-order valence-corrected chi connectivity index (χ2v) is 11.7. The van der Waals surface area contributed by atoms with E-state index >= 15 is 4.39 Å². The number of benzene rings is 2. The number of hydrogen-bond donors (Lipinski definition) is 0. The summed E-state index contributed by atoms with van der Waals surface area (Å²) in [6, 6.07) is 17.0. The zero-order chi connectivity index (χ0) is 27.5. The summed E-state index contributed by atoms with van der Waals surface area (Å²) in [5.41, 5.74) is 2.33. The van der Waals surface area contributed by atoms with Gasteiger partial charge >= 0.3 is 6.09 Å². The number of rotatable bonds is 10. The number of halogens is 1. The van der Waals surface area contributed by atoms with Crippen molar-refractivity contribution in [2.75, 3.05) is 62.3 Å². The minimum atomic E-state index is -0.466. The van der Waals surface area contributed by atoms with E-state index in [4.69, 9.17) is 14.2 Å². The standard InChI is InChI=1S/C31H36FN3O4S/c1-2-12-38-24-6-3-5-22(16-24)18-33-19-25-26(20-33)27(25)21-35(31(36)39-30-7-4-15-40-30)23-8-9-29(28(32)17-23)34-10-13-37-14-11-34/h3-9,15-17,25-27H,2,10-14,18-21H2,1H3. The van der Waals surface area contributed by atoms with Gasteiger partial charge < -0.3 is 19.1 Å². The van der Waals surface area contributed by atoms with E-state index in [0.29, 0.717) is 67.0 Å². The lowest BCUT2D eigenvalue weighted by Gasteiger charge is -2.30. The van der Waals surface area contributed by atoms with Crippen molar-refractivity contribution in [1.82, 2.24) is 4.90 Å². The van der Waals surface area contributed by atoms with E-state index in [1.165, 1.54) is 23.0 Å². The number of hydrogen-bond acceptors (Lipinski definition) is 7. The molecule has 2 unspecified atom stereocenters. The second-order valence-electron chi connectivity index (χ2n) is 10.8. The van der Waals surface area contributed by atoms with Crippen LogP contribution in [-0.4, -0.2) is 63.5 Å². The number of likely N-dealkylation sites (tertiary alicyclic amines) is 1. The van der Waals surface area contributed by atoms with Crippen LogP contribution in [0.1, 0.15) is 18.9 Å². The van der Waals surface area contributed by atoms with Gasteiger partial charge in [-0.05, 0) is 77.6 Å². The number of ether oxygens (including phenoxy) is 3. The van der Waals surface area contributed by atoms with E-state index in [1.807, 2.05) is 28.5 Å². The molecule has 3 aromatic rings. The number of thiophene rings is 1. The summed E-state index contributed by atoms with van der Waals surface area (Å²) in [5, 5.41) is 2.41.